The Labute approximate surface area is 287 Å². The van der Waals surface area contributed by atoms with Gasteiger partial charge in [-0.3, -0.25) is 18.6 Å². The summed E-state index contributed by atoms with van der Waals surface area (Å²) >= 11 is 5.24. The van der Waals surface area contributed by atoms with Crippen molar-refractivity contribution >= 4 is 36.8 Å². The number of rotatable bonds is 33. The van der Waals surface area contributed by atoms with Crippen LogP contribution in [0, 0.1) is 0 Å². The summed E-state index contributed by atoms with van der Waals surface area (Å²) < 4.78 is 34.2. The fraction of sp³-hybridized carbons (Fsp3) is 0.914. The van der Waals surface area contributed by atoms with Crippen LogP contribution in [0.3, 0.4) is 0 Å². The highest BCUT2D eigenvalue weighted by molar-refractivity contribution is 7.81. The molecule has 0 aromatic heterocycles. The lowest BCUT2D eigenvalue weighted by Crippen LogP contribution is -2.37. The van der Waals surface area contributed by atoms with Gasteiger partial charge in [0.05, 0.1) is 27.7 Å². The van der Waals surface area contributed by atoms with Gasteiger partial charge in [0.2, 0.25) is 10.8 Å². The van der Waals surface area contributed by atoms with Crippen LogP contribution in [-0.4, -0.2) is 79.8 Å². The van der Waals surface area contributed by atoms with E-state index in [4.69, 9.17) is 30.7 Å². The number of quaternary nitrogens is 1. The highest BCUT2D eigenvalue weighted by atomic mass is 32.1. The maximum Gasteiger partial charge on any atom is 0.472 e. The summed E-state index contributed by atoms with van der Waals surface area (Å²) in [4.78, 5) is 35.1. The third-order valence-corrected chi connectivity index (χ3v) is 9.17. The average Bonchev–Trinajstić information content (AvgIpc) is 2.99. The predicted molar refractivity (Wildman–Crippen MR) is 191 cm³/mol. The molecule has 0 aliphatic heterocycles. The second kappa shape index (κ2) is 29.1. The van der Waals surface area contributed by atoms with Crippen LogP contribution in [0.25, 0.3) is 0 Å². The Morgan fingerprint density at radius 1 is 0.674 bits per heavy atom. The Hall–Kier alpha value is -0.900. The van der Waals surface area contributed by atoms with E-state index in [0.29, 0.717) is 11.0 Å². The zero-order valence-corrected chi connectivity index (χ0v) is 31.8. The molecule has 1 N–H and O–H groups in total. The summed E-state index contributed by atoms with van der Waals surface area (Å²) in [5.41, 5.74) is 0. The molecule has 2 atom stereocenters. The SMILES string of the molecule is CCCCCCCCCCCCCCCC(=O)C(=S)O[C@H](COC(=O)CCCCCCCCC)COP(=O)(O)OCC[N+](C)(C)C. The van der Waals surface area contributed by atoms with Gasteiger partial charge in [-0.25, -0.2) is 4.57 Å². The largest absolute Gasteiger partial charge is 0.472 e. The molecule has 0 heterocycles. The van der Waals surface area contributed by atoms with E-state index in [1.165, 1.54) is 89.9 Å². The Morgan fingerprint density at radius 3 is 1.57 bits per heavy atom. The molecule has 0 bridgehead atoms. The summed E-state index contributed by atoms with van der Waals surface area (Å²) in [5, 5.41) is -0.227. The molecule has 0 saturated heterocycles. The maximum atomic E-state index is 12.7. The number of thiocarbonyl (C=S) groups is 1. The van der Waals surface area contributed by atoms with Crippen LogP contribution >= 0.6 is 20.0 Å². The van der Waals surface area contributed by atoms with Gasteiger partial charge in [-0.15, -0.1) is 0 Å². The molecule has 0 fully saturated rings. The Balaban J connectivity index is 4.55. The van der Waals surface area contributed by atoms with Crippen LogP contribution < -0.4 is 0 Å². The zero-order valence-electron chi connectivity index (χ0n) is 30.1. The summed E-state index contributed by atoms with van der Waals surface area (Å²) in [5.74, 6) is -0.693. The number of ketones is 1. The lowest BCUT2D eigenvalue weighted by atomic mass is 10.0. The van der Waals surface area contributed by atoms with Crippen molar-refractivity contribution in [2.45, 2.75) is 161 Å². The number of unbranched alkanes of at least 4 members (excludes halogenated alkanes) is 18. The summed E-state index contributed by atoms with van der Waals surface area (Å²) in [6.45, 7) is 4.28. The molecule has 0 spiro atoms. The fourth-order valence-corrected chi connectivity index (χ4v) is 5.85. The van der Waals surface area contributed by atoms with Crippen molar-refractivity contribution < 1.29 is 42.1 Å². The maximum absolute atomic E-state index is 12.7. The second-order valence-electron chi connectivity index (χ2n) is 13.6. The van der Waals surface area contributed by atoms with Crippen LogP contribution in [0.1, 0.15) is 155 Å². The lowest BCUT2D eigenvalue weighted by molar-refractivity contribution is -0.870. The Bertz CT molecular complexity index is 836. The van der Waals surface area contributed by atoms with Gasteiger partial charge >= 0.3 is 13.8 Å². The van der Waals surface area contributed by atoms with E-state index < -0.39 is 26.5 Å². The number of esters is 1. The quantitative estimate of drug-likeness (QED) is 0.0236. The second-order valence-corrected chi connectivity index (χ2v) is 15.4. The number of phosphoric ester groups is 1. The molecule has 46 heavy (non-hydrogen) atoms. The van der Waals surface area contributed by atoms with Crippen LogP contribution in [-0.2, 0) is 32.7 Å². The van der Waals surface area contributed by atoms with E-state index in [0.717, 1.165) is 38.5 Å². The first-order chi connectivity index (χ1) is 21.9. The van der Waals surface area contributed by atoms with Crippen LogP contribution in [0.5, 0.6) is 0 Å². The van der Waals surface area contributed by atoms with Crippen molar-refractivity contribution in [1.82, 2.24) is 0 Å². The van der Waals surface area contributed by atoms with Gasteiger partial charge < -0.3 is 18.9 Å². The van der Waals surface area contributed by atoms with Crippen molar-refractivity contribution in [3.8, 4) is 0 Å². The minimum absolute atomic E-state index is 0.0201. The standard InChI is InChI=1S/C35H68NO8PS/c1-6-8-10-12-14-15-16-17-18-19-21-22-24-26-33(37)35(46)44-32(31-43-45(39,40)42-29-28-36(3,4)5)30-41-34(38)27-25-23-20-13-11-9-7-2/h32H,6-31H2,1-5H3/p+1/t32-/m1/s1. The molecular weight excluding hydrogens is 625 g/mol. The molecule has 0 aromatic rings. The monoisotopic (exact) mass is 694 g/mol. The molecule has 0 aromatic carbocycles. The van der Waals surface area contributed by atoms with Gasteiger partial charge in [0.15, 0.2) is 6.10 Å². The zero-order chi connectivity index (χ0) is 34.5. The molecule has 0 amide bonds. The van der Waals surface area contributed by atoms with Crippen LogP contribution in [0.15, 0.2) is 0 Å². The molecule has 0 saturated carbocycles. The highest BCUT2D eigenvalue weighted by Gasteiger charge is 2.27. The minimum Gasteiger partial charge on any atom is -0.471 e. The van der Waals surface area contributed by atoms with E-state index in [2.05, 4.69) is 13.8 Å². The molecular formula is C35H69NO8PS+. The number of ether oxygens (including phenoxy) is 2. The molecule has 272 valence electrons. The van der Waals surface area contributed by atoms with Gasteiger partial charge in [-0.2, -0.15) is 0 Å². The van der Waals surface area contributed by atoms with E-state index in [1.54, 1.807) is 0 Å². The van der Waals surface area contributed by atoms with Crippen molar-refractivity contribution in [1.29, 1.82) is 0 Å². The first kappa shape index (κ1) is 45.1. The van der Waals surface area contributed by atoms with Gasteiger partial charge in [-0.1, -0.05) is 129 Å². The smallest absolute Gasteiger partial charge is 0.471 e. The Morgan fingerprint density at radius 2 is 1.11 bits per heavy atom. The van der Waals surface area contributed by atoms with Crippen molar-refractivity contribution in [3.63, 3.8) is 0 Å². The van der Waals surface area contributed by atoms with Gasteiger partial charge in [0.25, 0.3) is 0 Å². The van der Waals surface area contributed by atoms with Gasteiger partial charge in [-0.05, 0) is 25.1 Å². The van der Waals surface area contributed by atoms with Crippen LogP contribution in [0.2, 0.25) is 0 Å². The predicted octanol–water partition coefficient (Wildman–Crippen LogP) is 9.27. The molecule has 0 aliphatic carbocycles. The third kappa shape index (κ3) is 30.4. The fourth-order valence-electron chi connectivity index (χ4n) is 4.87. The summed E-state index contributed by atoms with van der Waals surface area (Å²) in [6, 6.07) is 0. The van der Waals surface area contributed by atoms with E-state index in [9.17, 15) is 19.0 Å². The molecule has 1 unspecified atom stereocenters. The van der Waals surface area contributed by atoms with E-state index in [-0.39, 0.29) is 36.9 Å². The van der Waals surface area contributed by atoms with Crippen molar-refractivity contribution in [3.05, 3.63) is 0 Å². The number of likely N-dealkylation sites (N-methyl/N-ethyl adjacent to an activating group) is 1. The normalized spacial score (nSPS) is 13.7. The minimum atomic E-state index is -4.38. The first-order valence-corrected chi connectivity index (χ1v) is 20.1. The number of carbonyl (C=O) groups is 2. The number of carbonyl (C=O) groups excluding carboxylic acids is 2. The topological polar surface area (TPSA) is 108 Å². The molecule has 0 radical (unpaired) electrons. The third-order valence-electron chi connectivity index (χ3n) is 7.86. The number of phosphoric acid groups is 1. The molecule has 9 nitrogen and oxygen atoms in total. The lowest BCUT2D eigenvalue weighted by Gasteiger charge is -2.24. The van der Waals surface area contributed by atoms with Gasteiger partial charge in [0, 0.05) is 12.8 Å². The molecule has 0 rings (SSSR count). The number of hydrogen-bond acceptors (Lipinski definition) is 8. The summed E-state index contributed by atoms with van der Waals surface area (Å²) in [7, 11) is 1.43. The van der Waals surface area contributed by atoms with Crippen molar-refractivity contribution in [2.24, 2.45) is 0 Å². The van der Waals surface area contributed by atoms with E-state index in [1.807, 2.05) is 21.1 Å². The van der Waals surface area contributed by atoms with Crippen molar-refractivity contribution in [2.75, 3.05) is 47.5 Å². The molecule has 11 heteroatoms. The number of nitrogens with zero attached hydrogens (tertiary/aromatic N) is 1. The number of hydrogen-bond donors (Lipinski definition) is 1. The number of Topliss-reactive ketones (excluding diaryl/α,β-unsaturated/α-hetero) is 1. The first-order valence-electron chi connectivity index (χ1n) is 18.2. The Kier molecular flexibility index (Phi) is 28.5. The summed E-state index contributed by atoms with van der Waals surface area (Å²) in [6.07, 6.45) is 22.9. The molecule has 0 aliphatic rings. The van der Waals surface area contributed by atoms with Crippen LogP contribution in [0.4, 0.5) is 0 Å². The highest BCUT2D eigenvalue weighted by Crippen LogP contribution is 2.43. The van der Waals surface area contributed by atoms with Gasteiger partial charge in [0.1, 0.15) is 19.8 Å². The van der Waals surface area contributed by atoms with E-state index >= 15 is 0 Å². The average molecular weight is 695 g/mol.